The van der Waals surface area contributed by atoms with Crippen molar-refractivity contribution in [3.05, 3.63) is 27.7 Å². The Kier molecular flexibility index (Phi) is 5.25. The Balaban J connectivity index is 1.92. The number of rotatable bonds is 3. The number of carbonyl (C=O) groups is 1. The highest BCUT2D eigenvalue weighted by Gasteiger charge is 2.25. The van der Waals surface area contributed by atoms with Gasteiger partial charge in [0.1, 0.15) is 0 Å². The molecule has 1 aromatic carbocycles. The second kappa shape index (κ2) is 6.73. The third kappa shape index (κ3) is 3.94. The van der Waals surface area contributed by atoms with E-state index >= 15 is 0 Å². The van der Waals surface area contributed by atoms with Crippen LogP contribution >= 0.6 is 27.5 Å². The van der Waals surface area contributed by atoms with Crippen molar-refractivity contribution in [2.45, 2.75) is 25.7 Å². The highest BCUT2D eigenvalue weighted by Crippen LogP contribution is 2.30. The minimum absolute atomic E-state index is 0.0915. The van der Waals surface area contributed by atoms with Gasteiger partial charge in [0.25, 0.3) is 0 Å². The van der Waals surface area contributed by atoms with Crippen molar-refractivity contribution in [3.8, 4) is 0 Å². The van der Waals surface area contributed by atoms with Crippen LogP contribution in [0.2, 0.25) is 5.02 Å². The quantitative estimate of drug-likeness (QED) is 0.875. The zero-order chi connectivity index (χ0) is 13.8. The number of nitrogens with two attached hydrogens (primary N) is 1. The normalized spacial score (nSPS) is 23.1. The zero-order valence-electron chi connectivity index (χ0n) is 10.7. The van der Waals surface area contributed by atoms with E-state index in [-0.39, 0.29) is 11.8 Å². The standard InChI is InChI=1S/C14H18BrClN2O/c15-12-6-5-11(7-13(12)16)18-14(19)10-3-1-9(8-17)2-4-10/h5-7,9-10H,1-4,8,17H2,(H,18,19). The van der Waals surface area contributed by atoms with Crippen LogP contribution in [0.25, 0.3) is 0 Å². The molecular weight excluding hydrogens is 328 g/mol. The van der Waals surface area contributed by atoms with Crippen LogP contribution in [-0.4, -0.2) is 12.5 Å². The summed E-state index contributed by atoms with van der Waals surface area (Å²) < 4.78 is 0.829. The molecule has 0 unspecified atom stereocenters. The molecule has 1 aromatic rings. The fourth-order valence-corrected chi connectivity index (χ4v) is 2.91. The van der Waals surface area contributed by atoms with Crippen LogP contribution in [0.5, 0.6) is 0 Å². The highest BCUT2D eigenvalue weighted by atomic mass is 79.9. The van der Waals surface area contributed by atoms with Gasteiger partial charge < -0.3 is 11.1 Å². The molecule has 1 amide bonds. The van der Waals surface area contributed by atoms with Crippen molar-refractivity contribution < 1.29 is 4.79 Å². The third-order valence-electron chi connectivity index (χ3n) is 3.74. The van der Waals surface area contributed by atoms with Gasteiger partial charge in [-0.3, -0.25) is 4.79 Å². The summed E-state index contributed by atoms with van der Waals surface area (Å²) in [5.41, 5.74) is 6.41. The first-order valence-electron chi connectivity index (χ1n) is 6.56. The molecule has 104 valence electrons. The van der Waals surface area contributed by atoms with Gasteiger partial charge in [-0.25, -0.2) is 0 Å². The molecule has 5 heteroatoms. The molecule has 3 N–H and O–H groups in total. The number of hydrogen-bond acceptors (Lipinski definition) is 2. The molecule has 0 bridgehead atoms. The van der Waals surface area contributed by atoms with Gasteiger partial charge in [0, 0.05) is 16.1 Å². The molecule has 0 spiro atoms. The predicted octanol–water partition coefficient (Wildman–Crippen LogP) is 3.81. The number of anilines is 1. The topological polar surface area (TPSA) is 55.1 Å². The SMILES string of the molecule is NCC1CCC(C(=O)Nc2ccc(Br)c(Cl)c2)CC1. The molecule has 0 atom stereocenters. The fourth-order valence-electron chi connectivity index (χ4n) is 2.48. The molecule has 2 rings (SSSR count). The average Bonchev–Trinajstić information content (AvgIpc) is 2.43. The first-order chi connectivity index (χ1) is 9.10. The Labute approximate surface area is 127 Å². The molecular formula is C14H18BrClN2O. The fraction of sp³-hybridized carbons (Fsp3) is 0.500. The summed E-state index contributed by atoms with van der Waals surface area (Å²) in [6.45, 7) is 0.733. The van der Waals surface area contributed by atoms with E-state index < -0.39 is 0 Å². The van der Waals surface area contributed by atoms with Crippen LogP contribution in [0.15, 0.2) is 22.7 Å². The van der Waals surface area contributed by atoms with Gasteiger partial charge in [-0.2, -0.15) is 0 Å². The molecule has 1 fully saturated rings. The Morgan fingerprint density at radius 1 is 1.37 bits per heavy atom. The van der Waals surface area contributed by atoms with Gasteiger partial charge in [0.05, 0.1) is 5.02 Å². The van der Waals surface area contributed by atoms with Gasteiger partial charge in [-0.1, -0.05) is 11.6 Å². The largest absolute Gasteiger partial charge is 0.330 e. The first-order valence-corrected chi connectivity index (χ1v) is 7.73. The van der Waals surface area contributed by atoms with Crippen LogP contribution < -0.4 is 11.1 Å². The van der Waals surface area contributed by atoms with Crippen molar-refractivity contribution in [2.75, 3.05) is 11.9 Å². The smallest absolute Gasteiger partial charge is 0.227 e. The van der Waals surface area contributed by atoms with Crippen molar-refractivity contribution in [1.29, 1.82) is 0 Å². The summed E-state index contributed by atoms with van der Waals surface area (Å²) in [6.07, 6.45) is 3.96. The second-order valence-electron chi connectivity index (χ2n) is 5.07. The Morgan fingerprint density at radius 3 is 2.63 bits per heavy atom. The van der Waals surface area contributed by atoms with Crippen molar-refractivity contribution in [2.24, 2.45) is 17.6 Å². The number of amides is 1. The van der Waals surface area contributed by atoms with E-state index in [2.05, 4.69) is 21.2 Å². The van der Waals surface area contributed by atoms with E-state index in [0.29, 0.717) is 10.9 Å². The van der Waals surface area contributed by atoms with Gasteiger partial charge in [-0.15, -0.1) is 0 Å². The van der Waals surface area contributed by atoms with E-state index in [1.54, 1.807) is 6.07 Å². The summed E-state index contributed by atoms with van der Waals surface area (Å²) in [5.74, 6) is 0.783. The molecule has 3 nitrogen and oxygen atoms in total. The van der Waals surface area contributed by atoms with Crippen molar-refractivity contribution >= 4 is 39.1 Å². The lowest BCUT2D eigenvalue weighted by atomic mass is 9.81. The van der Waals surface area contributed by atoms with E-state index in [0.717, 1.165) is 42.4 Å². The van der Waals surface area contributed by atoms with Crippen LogP contribution in [0, 0.1) is 11.8 Å². The predicted molar refractivity (Wildman–Crippen MR) is 82.3 cm³/mol. The second-order valence-corrected chi connectivity index (χ2v) is 6.33. The molecule has 0 aromatic heterocycles. The third-order valence-corrected chi connectivity index (χ3v) is 4.97. The monoisotopic (exact) mass is 344 g/mol. The zero-order valence-corrected chi connectivity index (χ0v) is 13.0. The number of benzene rings is 1. The Morgan fingerprint density at radius 2 is 2.05 bits per heavy atom. The van der Waals surface area contributed by atoms with Crippen molar-refractivity contribution in [1.82, 2.24) is 0 Å². The van der Waals surface area contributed by atoms with E-state index in [1.165, 1.54) is 0 Å². The minimum atomic E-state index is 0.0915. The molecule has 0 saturated heterocycles. The maximum Gasteiger partial charge on any atom is 0.227 e. The van der Waals surface area contributed by atoms with Gasteiger partial charge >= 0.3 is 0 Å². The minimum Gasteiger partial charge on any atom is -0.330 e. The number of nitrogens with one attached hydrogen (secondary N) is 1. The van der Waals surface area contributed by atoms with E-state index in [4.69, 9.17) is 17.3 Å². The lowest BCUT2D eigenvalue weighted by molar-refractivity contribution is -0.121. The summed E-state index contributed by atoms with van der Waals surface area (Å²) in [7, 11) is 0. The number of carbonyl (C=O) groups excluding carboxylic acids is 1. The van der Waals surface area contributed by atoms with Crippen LogP contribution in [0.1, 0.15) is 25.7 Å². The van der Waals surface area contributed by atoms with Crippen LogP contribution in [0.3, 0.4) is 0 Å². The molecule has 0 radical (unpaired) electrons. The van der Waals surface area contributed by atoms with Crippen molar-refractivity contribution in [3.63, 3.8) is 0 Å². The lowest BCUT2D eigenvalue weighted by Gasteiger charge is -2.26. The summed E-state index contributed by atoms with van der Waals surface area (Å²) in [6, 6.07) is 5.44. The first kappa shape index (κ1) is 14.8. The van der Waals surface area contributed by atoms with E-state index in [9.17, 15) is 4.79 Å². The maximum absolute atomic E-state index is 12.2. The molecule has 0 aliphatic heterocycles. The Bertz CT molecular complexity index is 459. The lowest BCUT2D eigenvalue weighted by Crippen LogP contribution is -2.29. The number of halogens is 2. The van der Waals surface area contributed by atoms with Gasteiger partial charge in [-0.05, 0) is 72.3 Å². The highest BCUT2D eigenvalue weighted by molar-refractivity contribution is 9.10. The summed E-state index contributed by atoms with van der Waals surface area (Å²) in [5, 5.41) is 3.54. The summed E-state index contributed by atoms with van der Waals surface area (Å²) in [4.78, 5) is 12.2. The Hall–Kier alpha value is -0.580. The molecule has 19 heavy (non-hydrogen) atoms. The van der Waals surface area contributed by atoms with E-state index in [1.807, 2.05) is 12.1 Å². The van der Waals surface area contributed by atoms with Crippen LogP contribution in [-0.2, 0) is 4.79 Å². The maximum atomic E-state index is 12.2. The van der Waals surface area contributed by atoms with Gasteiger partial charge in [0.15, 0.2) is 0 Å². The van der Waals surface area contributed by atoms with Crippen LogP contribution in [0.4, 0.5) is 5.69 Å². The average molecular weight is 346 g/mol. The van der Waals surface area contributed by atoms with Gasteiger partial charge in [0.2, 0.25) is 5.91 Å². The molecule has 0 heterocycles. The summed E-state index contributed by atoms with van der Waals surface area (Å²) >= 11 is 9.34. The molecule has 1 aliphatic rings. The molecule has 1 aliphatic carbocycles. The number of hydrogen-bond donors (Lipinski definition) is 2. The molecule has 1 saturated carbocycles.